The quantitative estimate of drug-likeness (QED) is 0.932. The van der Waals surface area contributed by atoms with Gasteiger partial charge in [0.05, 0.1) is 5.69 Å². The van der Waals surface area contributed by atoms with E-state index in [0.29, 0.717) is 24.0 Å². The summed E-state index contributed by atoms with van der Waals surface area (Å²) < 4.78 is 1.81. The van der Waals surface area contributed by atoms with Crippen molar-refractivity contribution in [3.8, 4) is 0 Å². The van der Waals surface area contributed by atoms with Crippen LogP contribution in [0.15, 0.2) is 29.1 Å². The lowest BCUT2D eigenvalue weighted by Crippen LogP contribution is -2.33. The minimum absolute atomic E-state index is 0.0768. The second-order valence-corrected chi connectivity index (χ2v) is 5.85. The van der Waals surface area contributed by atoms with Crippen molar-refractivity contribution in [2.75, 3.05) is 5.73 Å². The normalized spacial score (nSPS) is 14.6. The summed E-state index contributed by atoms with van der Waals surface area (Å²) in [5.74, 6) is 0.0768. The first kappa shape index (κ1) is 12.3. The molecule has 1 aliphatic rings. The molecule has 0 atom stereocenters. The summed E-state index contributed by atoms with van der Waals surface area (Å²) in [5.41, 5.74) is 8.26. The molecule has 0 unspecified atom stereocenters. The van der Waals surface area contributed by atoms with Gasteiger partial charge in [0.1, 0.15) is 5.69 Å². The van der Waals surface area contributed by atoms with Crippen LogP contribution < -0.4 is 5.73 Å². The first-order chi connectivity index (χ1) is 9.15. The number of aromatic nitrogens is 1. The number of hydrogen-bond acceptors (Lipinski definition) is 3. The molecule has 1 aliphatic carbocycles. The van der Waals surface area contributed by atoms with Gasteiger partial charge in [-0.05, 0) is 41.3 Å². The molecule has 0 spiro atoms. The van der Waals surface area contributed by atoms with Crippen LogP contribution in [0.4, 0.5) is 5.69 Å². The van der Waals surface area contributed by atoms with Gasteiger partial charge in [0.15, 0.2) is 0 Å². The molecular formula is C14H17N3OS. The lowest BCUT2D eigenvalue weighted by molar-refractivity contribution is 0.0720. The Hall–Kier alpha value is -1.75. The van der Waals surface area contributed by atoms with Gasteiger partial charge in [-0.25, -0.2) is 0 Å². The molecule has 1 fully saturated rings. The van der Waals surface area contributed by atoms with Crippen molar-refractivity contribution < 1.29 is 4.79 Å². The predicted octanol–water partition coefficient (Wildman–Crippen LogP) is 2.47. The van der Waals surface area contributed by atoms with Crippen molar-refractivity contribution in [1.82, 2.24) is 9.47 Å². The van der Waals surface area contributed by atoms with Crippen LogP contribution in [0, 0.1) is 0 Å². The fraction of sp³-hybridized carbons (Fsp3) is 0.357. The van der Waals surface area contributed by atoms with E-state index in [-0.39, 0.29) is 5.91 Å². The van der Waals surface area contributed by atoms with E-state index in [9.17, 15) is 4.79 Å². The number of nitrogens with zero attached hydrogens (tertiary/aromatic N) is 2. The molecule has 100 valence electrons. The Morgan fingerprint density at radius 3 is 2.89 bits per heavy atom. The van der Waals surface area contributed by atoms with Crippen LogP contribution >= 0.6 is 11.3 Å². The molecule has 3 rings (SSSR count). The van der Waals surface area contributed by atoms with Crippen molar-refractivity contribution >= 4 is 22.9 Å². The van der Waals surface area contributed by atoms with Gasteiger partial charge in [-0.1, -0.05) is 0 Å². The first-order valence-corrected chi connectivity index (χ1v) is 7.33. The van der Waals surface area contributed by atoms with Crippen LogP contribution in [-0.4, -0.2) is 21.4 Å². The fourth-order valence-corrected chi connectivity index (χ4v) is 2.94. The zero-order chi connectivity index (χ0) is 13.4. The van der Waals surface area contributed by atoms with Crippen LogP contribution in [0.2, 0.25) is 0 Å². The van der Waals surface area contributed by atoms with Gasteiger partial charge in [0, 0.05) is 25.8 Å². The van der Waals surface area contributed by atoms with E-state index in [4.69, 9.17) is 5.73 Å². The summed E-state index contributed by atoms with van der Waals surface area (Å²) in [6.07, 6.45) is 3.99. The molecule has 0 aromatic carbocycles. The molecule has 19 heavy (non-hydrogen) atoms. The summed E-state index contributed by atoms with van der Waals surface area (Å²) in [6, 6.07) is 4.22. The van der Waals surface area contributed by atoms with Crippen molar-refractivity contribution in [2.24, 2.45) is 7.05 Å². The maximum absolute atomic E-state index is 12.6. The van der Waals surface area contributed by atoms with E-state index in [0.717, 1.165) is 12.8 Å². The maximum atomic E-state index is 12.6. The number of nitrogen functional groups attached to an aromatic ring is 1. The molecule has 0 saturated heterocycles. The fourth-order valence-electron chi connectivity index (χ4n) is 2.28. The molecule has 5 heteroatoms. The third kappa shape index (κ3) is 2.51. The Kier molecular flexibility index (Phi) is 3.06. The molecule has 0 radical (unpaired) electrons. The SMILES string of the molecule is Cn1cc(N)cc1C(=O)N(Cc1ccsc1)C1CC1. The summed E-state index contributed by atoms with van der Waals surface area (Å²) >= 11 is 1.67. The Morgan fingerprint density at radius 1 is 1.58 bits per heavy atom. The third-order valence-corrected chi connectivity index (χ3v) is 4.16. The van der Waals surface area contributed by atoms with Crippen molar-refractivity contribution in [1.29, 1.82) is 0 Å². The van der Waals surface area contributed by atoms with E-state index >= 15 is 0 Å². The average Bonchev–Trinajstić information content (AvgIpc) is 2.97. The Morgan fingerprint density at radius 2 is 2.37 bits per heavy atom. The van der Waals surface area contributed by atoms with E-state index in [2.05, 4.69) is 11.4 Å². The number of amides is 1. The van der Waals surface area contributed by atoms with Crippen LogP contribution in [-0.2, 0) is 13.6 Å². The highest BCUT2D eigenvalue weighted by Gasteiger charge is 2.34. The number of carbonyl (C=O) groups excluding carboxylic acids is 1. The van der Waals surface area contributed by atoms with Crippen LogP contribution in [0.1, 0.15) is 28.9 Å². The lowest BCUT2D eigenvalue weighted by atomic mass is 10.2. The molecule has 2 aromatic heterocycles. The minimum Gasteiger partial charge on any atom is -0.397 e. The molecule has 2 heterocycles. The molecule has 2 N–H and O–H groups in total. The van der Waals surface area contributed by atoms with Crippen LogP contribution in [0.5, 0.6) is 0 Å². The van der Waals surface area contributed by atoms with Gasteiger partial charge >= 0.3 is 0 Å². The zero-order valence-corrected chi connectivity index (χ0v) is 11.7. The van der Waals surface area contributed by atoms with E-state index in [1.165, 1.54) is 5.56 Å². The molecule has 4 nitrogen and oxygen atoms in total. The number of carbonyl (C=O) groups is 1. The van der Waals surface area contributed by atoms with Gasteiger partial charge in [0.25, 0.3) is 5.91 Å². The summed E-state index contributed by atoms with van der Waals surface area (Å²) in [7, 11) is 1.86. The number of hydrogen-bond donors (Lipinski definition) is 1. The second-order valence-electron chi connectivity index (χ2n) is 5.07. The predicted molar refractivity (Wildman–Crippen MR) is 77.0 cm³/mol. The van der Waals surface area contributed by atoms with Gasteiger partial charge in [-0.15, -0.1) is 0 Å². The number of rotatable bonds is 4. The Bertz CT molecular complexity index is 584. The van der Waals surface area contributed by atoms with Gasteiger partial charge < -0.3 is 15.2 Å². The Balaban J connectivity index is 1.84. The van der Waals surface area contributed by atoms with Gasteiger partial charge in [0.2, 0.25) is 0 Å². The number of nitrogens with two attached hydrogens (primary N) is 1. The molecule has 0 bridgehead atoms. The number of aryl methyl sites for hydroxylation is 1. The van der Waals surface area contributed by atoms with Gasteiger partial charge in [-0.2, -0.15) is 11.3 Å². The highest BCUT2D eigenvalue weighted by atomic mass is 32.1. The smallest absolute Gasteiger partial charge is 0.271 e. The summed E-state index contributed by atoms with van der Waals surface area (Å²) in [6.45, 7) is 0.693. The highest BCUT2D eigenvalue weighted by Crippen LogP contribution is 2.30. The maximum Gasteiger partial charge on any atom is 0.271 e. The van der Waals surface area contributed by atoms with Crippen LogP contribution in [0.3, 0.4) is 0 Å². The van der Waals surface area contributed by atoms with E-state index in [1.807, 2.05) is 17.3 Å². The summed E-state index contributed by atoms with van der Waals surface area (Å²) in [5, 5.41) is 4.15. The lowest BCUT2D eigenvalue weighted by Gasteiger charge is -2.22. The first-order valence-electron chi connectivity index (χ1n) is 6.39. The Labute approximate surface area is 116 Å². The summed E-state index contributed by atoms with van der Waals surface area (Å²) in [4.78, 5) is 14.6. The third-order valence-electron chi connectivity index (χ3n) is 3.43. The van der Waals surface area contributed by atoms with E-state index in [1.54, 1.807) is 28.2 Å². The topological polar surface area (TPSA) is 51.3 Å². The highest BCUT2D eigenvalue weighted by molar-refractivity contribution is 7.07. The average molecular weight is 275 g/mol. The zero-order valence-electron chi connectivity index (χ0n) is 10.9. The molecule has 1 amide bonds. The van der Waals surface area contributed by atoms with Crippen molar-refractivity contribution in [3.63, 3.8) is 0 Å². The minimum atomic E-state index is 0.0768. The van der Waals surface area contributed by atoms with Gasteiger partial charge in [-0.3, -0.25) is 4.79 Å². The van der Waals surface area contributed by atoms with E-state index < -0.39 is 0 Å². The molecule has 1 saturated carbocycles. The largest absolute Gasteiger partial charge is 0.397 e. The van der Waals surface area contributed by atoms with Crippen LogP contribution in [0.25, 0.3) is 0 Å². The molecular weight excluding hydrogens is 258 g/mol. The van der Waals surface area contributed by atoms with Crippen molar-refractivity contribution in [2.45, 2.75) is 25.4 Å². The van der Waals surface area contributed by atoms with Crippen molar-refractivity contribution in [3.05, 3.63) is 40.3 Å². The molecule has 2 aromatic rings. The molecule has 0 aliphatic heterocycles. The number of anilines is 1. The standard InChI is InChI=1S/C14H17N3OS/c1-16-8-11(15)6-13(16)14(18)17(12-2-3-12)7-10-4-5-19-9-10/h4-6,8-9,12H,2-3,7,15H2,1H3. The second kappa shape index (κ2) is 4.74. The number of thiophene rings is 1. The monoisotopic (exact) mass is 275 g/mol.